The number of aromatic nitrogens is 1. The van der Waals surface area contributed by atoms with Crippen LogP contribution in [-0.4, -0.2) is 49.2 Å². The monoisotopic (exact) mass is 310 g/mol. The maximum atomic E-state index is 6.27. The standard InChI is InChI=1S/C16H27ClN4/c1-12(2)8-18-9-14-7-16(19-10-15(14)17)21-6-5-20(4)13(3)11-21/h7,10,12-13,18H,5-6,8-9,11H2,1-4H3. The molecule has 0 radical (unpaired) electrons. The van der Waals surface area contributed by atoms with Crippen molar-refractivity contribution in [2.45, 2.75) is 33.4 Å². The Morgan fingerprint density at radius 1 is 1.43 bits per heavy atom. The number of halogens is 1. The van der Waals surface area contributed by atoms with E-state index in [1.165, 1.54) is 0 Å². The van der Waals surface area contributed by atoms with Crippen molar-refractivity contribution in [1.29, 1.82) is 0 Å². The Hall–Kier alpha value is -0.840. The Bertz CT molecular complexity index is 464. The van der Waals surface area contributed by atoms with Crippen LogP contribution in [-0.2, 0) is 6.54 Å². The molecule has 0 spiro atoms. The van der Waals surface area contributed by atoms with Crippen LogP contribution in [0.4, 0.5) is 5.82 Å². The van der Waals surface area contributed by atoms with Gasteiger partial charge in [-0.3, -0.25) is 0 Å². The van der Waals surface area contributed by atoms with Gasteiger partial charge >= 0.3 is 0 Å². The minimum Gasteiger partial charge on any atom is -0.354 e. The number of rotatable bonds is 5. The molecule has 1 aromatic heterocycles. The van der Waals surface area contributed by atoms with E-state index in [4.69, 9.17) is 11.6 Å². The van der Waals surface area contributed by atoms with Crippen molar-refractivity contribution in [3.8, 4) is 0 Å². The number of hydrogen-bond acceptors (Lipinski definition) is 4. The average Bonchev–Trinajstić information content (AvgIpc) is 2.43. The molecule has 118 valence electrons. The van der Waals surface area contributed by atoms with Crippen LogP contribution in [0.1, 0.15) is 26.3 Å². The van der Waals surface area contributed by atoms with Gasteiger partial charge in [-0.2, -0.15) is 0 Å². The van der Waals surface area contributed by atoms with E-state index in [1.807, 2.05) is 0 Å². The topological polar surface area (TPSA) is 31.4 Å². The molecule has 1 N–H and O–H groups in total. The fourth-order valence-corrected chi connectivity index (χ4v) is 2.70. The Balaban J connectivity index is 2.04. The van der Waals surface area contributed by atoms with E-state index in [0.29, 0.717) is 12.0 Å². The number of hydrogen-bond donors (Lipinski definition) is 1. The molecule has 2 heterocycles. The Labute approximate surface area is 133 Å². The lowest BCUT2D eigenvalue weighted by Gasteiger charge is -2.38. The van der Waals surface area contributed by atoms with Gasteiger partial charge in [-0.05, 0) is 38.1 Å². The van der Waals surface area contributed by atoms with Crippen molar-refractivity contribution in [3.05, 3.63) is 22.8 Å². The Morgan fingerprint density at radius 3 is 2.86 bits per heavy atom. The van der Waals surface area contributed by atoms with Gasteiger partial charge in [0.25, 0.3) is 0 Å². The summed E-state index contributed by atoms with van der Waals surface area (Å²) in [6, 6.07) is 2.69. The van der Waals surface area contributed by atoms with Crippen molar-refractivity contribution in [3.63, 3.8) is 0 Å². The fraction of sp³-hybridized carbons (Fsp3) is 0.688. The maximum Gasteiger partial charge on any atom is 0.129 e. The molecule has 21 heavy (non-hydrogen) atoms. The highest BCUT2D eigenvalue weighted by Crippen LogP contribution is 2.22. The molecule has 0 aromatic carbocycles. The molecule has 0 bridgehead atoms. The summed E-state index contributed by atoms with van der Waals surface area (Å²) in [7, 11) is 2.18. The zero-order valence-electron chi connectivity index (χ0n) is 13.6. The van der Waals surface area contributed by atoms with E-state index in [1.54, 1.807) is 6.20 Å². The smallest absolute Gasteiger partial charge is 0.129 e. The van der Waals surface area contributed by atoms with Gasteiger partial charge in [0, 0.05) is 38.4 Å². The molecule has 1 atom stereocenters. The van der Waals surface area contributed by atoms with E-state index in [9.17, 15) is 0 Å². The molecule has 0 aliphatic carbocycles. The predicted octanol–water partition coefficient (Wildman–Crippen LogP) is 2.62. The first-order chi connectivity index (χ1) is 9.97. The minimum absolute atomic E-state index is 0.554. The number of pyridine rings is 1. The zero-order chi connectivity index (χ0) is 15.4. The first kappa shape index (κ1) is 16.5. The van der Waals surface area contributed by atoms with Gasteiger partial charge in [0.15, 0.2) is 0 Å². The molecule has 1 unspecified atom stereocenters. The molecule has 5 heteroatoms. The summed E-state index contributed by atoms with van der Waals surface area (Å²) in [4.78, 5) is 9.25. The molecule has 4 nitrogen and oxygen atoms in total. The molecule has 2 rings (SSSR count). The molecule has 1 saturated heterocycles. The van der Waals surface area contributed by atoms with Crippen molar-refractivity contribution < 1.29 is 0 Å². The van der Waals surface area contributed by atoms with Gasteiger partial charge in [-0.25, -0.2) is 4.98 Å². The van der Waals surface area contributed by atoms with Crippen LogP contribution in [0.15, 0.2) is 12.3 Å². The van der Waals surface area contributed by atoms with Gasteiger partial charge < -0.3 is 15.1 Å². The highest BCUT2D eigenvalue weighted by molar-refractivity contribution is 6.31. The van der Waals surface area contributed by atoms with Crippen LogP contribution in [0.3, 0.4) is 0 Å². The maximum absolute atomic E-state index is 6.27. The Morgan fingerprint density at radius 2 is 2.19 bits per heavy atom. The summed E-state index contributed by atoms with van der Waals surface area (Å²) in [6.45, 7) is 11.6. The fourth-order valence-electron chi connectivity index (χ4n) is 2.53. The van der Waals surface area contributed by atoms with Crippen LogP contribution in [0, 0.1) is 5.92 Å². The van der Waals surface area contributed by atoms with Crippen LogP contribution in [0.25, 0.3) is 0 Å². The van der Waals surface area contributed by atoms with Crippen molar-refractivity contribution in [2.75, 3.05) is 38.1 Å². The highest BCUT2D eigenvalue weighted by atomic mass is 35.5. The minimum atomic E-state index is 0.554. The van der Waals surface area contributed by atoms with E-state index >= 15 is 0 Å². The summed E-state index contributed by atoms with van der Waals surface area (Å²) < 4.78 is 0. The summed E-state index contributed by atoms with van der Waals surface area (Å²) >= 11 is 6.27. The third-order valence-corrected chi connectivity index (χ3v) is 4.41. The number of nitrogens with one attached hydrogen (secondary N) is 1. The third-order valence-electron chi connectivity index (χ3n) is 4.07. The van der Waals surface area contributed by atoms with Crippen molar-refractivity contribution >= 4 is 17.4 Å². The van der Waals surface area contributed by atoms with Crippen LogP contribution >= 0.6 is 11.6 Å². The summed E-state index contributed by atoms with van der Waals surface area (Å²) in [5.41, 5.74) is 1.13. The van der Waals surface area contributed by atoms with E-state index in [2.05, 4.69) is 54.0 Å². The predicted molar refractivity (Wildman–Crippen MR) is 90.1 cm³/mol. The number of anilines is 1. The normalized spacial score (nSPS) is 20.3. The second-order valence-electron chi connectivity index (χ2n) is 6.43. The molecule has 0 amide bonds. The molecule has 1 aromatic rings. The van der Waals surface area contributed by atoms with Crippen molar-refractivity contribution in [2.24, 2.45) is 5.92 Å². The van der Waals surface area contributed by atoms with Gasteiger partial charge in [0.2, 0.25) is 0 Å². The number of piperazine rings is 1. The summed E-state index contributed by atoms with van der Waals surface area (Å²) in [6.07, 6.45) is 1.78. The summed E-state index contributed by atoms with van der Waals surface area (Å²) in [5.74, 6) is 1.68. The average molecular weight is 311 g/mol. The first-order valence-corrected chi connectivity index (χ1v) is 8.15. The van der Waals surface area contributed by atoms with Crippen LogP contribution < -0.4 is 10.2 Å². The Kier molecular flexibility index (Phi) is 5.85. The molecule has 1 fully saturated rings. The highest BCUT2D eigenvalue weighted by Gasteiger charge is 2.22. The van der Waals surface area contributed by atoms with Crippen LogP contribution in [0.5, 0.6) is 0 Å². The van der Waals surface area contributed by atoms with Gasteiger partial charge in [-0.1, -0.05) is 25.4 Å². The van der Waals surface area contributed by atoms with Gasteiger partial charge in [0.1, 0.15) is 5.82 Å². The van der Waals surface area contributed by atoms with Crippen LogP contribution in [0.2, 0.25) is 5.02 Å². The molecular weight excluding hydrogens is 284 g/mol. The SMILES string of the molecule is CC(C)CNCc1cc(N2CCN(C)C(C)C2)ncc1Cl. The van der Waals surface area contributed by atoms with Gasteiger partial charge in [0.05, 0.1) is 5.02 Å². The van der Waals surface area contributed by atoms with Gasteiger partial charge in [-0.15, -0.1) is 0 Å². The van der Waals surface area contributed by atoms with E-state index in [0.717, 1.165) is 49.1 Å². The van der Waals surface area contributed by atoms with E-state index < -0.39 is 0 Å². The number of nitrogens with zero attached hydrogens (tertiary/aromatic N) is 3. The quantitative estimate of drug-likeness (QED) is 0.906. The molecule has 1 aliphatic heterocycles. The molecular formula is C16H27ClN4. The zero-order valence-corrected chi connectivity index (χ0v) is 14.3. The first-order valence-electron chi connectivity index (χ1n) is 7.77. The van der Waals surface area contributed by atoms with E-state index in [-0.39, 0.29) is 0 Å². The third kappa shape index (κ3) is 4.56. The molecule has 0 saturated carbocycles. The summed E-state index contributed by atoms with van der Waals surface area (Å²) in [5, 5.41) is 4.20. The number of likely N-dealkylation sites (N-methyl/N-ethyl adjacent to an activating group) is 1. The molecule has 1 aliphatic rings. The lowest BCUT2D eigenvalue weighted by atomic mass is 10.2. The van der Waals surface area contributed by atoms with Crippen molar-refractivity contribution in [1.82, 2.24) is 15.2 Å². The second kappa shape index (κ2) is 7.43. The largest absolute Gasteiger partial charge is 0.354 e. The lowest BCUT2D eigenvalue weighted by Crippen LogP contribution is -2.50. The second-order valence-corrected chi connectivity index (χ2v) is 6.84. The lowest BCUT2D eigenvalue weighted by molar-refractivity contribution is 0.233.